The maximum absolute atomic E-state index is 11.8. The monoisotopic (exact) mass is 196 g/mol. The van der Waals surface area contributed by atoms with Crippen molar-refractivity contribution in [3.8, 4) is 0 Å². The molecule has 2 N–H and O–H groups in total. The average molecular weight is 196 g/mol. The van der Waals surface area contributed by atoms with Crippen LogP contribution in [-0.2, 0) is 9.59 Å². The number of rotatable bonds is 2. The quantitative estimate of drug-likeness (QED) is 0.681. The molecule has 0 aromatic heterocycles. The summed E-state index contributed by atoms with van der Waals surface area (Å²) < 4.78 is 0. The number of amides is 2. The molecule has 0 unspecified atom stereocenters. The molecule has 2 amide bonds. The highest BCUT2D eigenvalue weighted by molar-refractivity contribution is 5.86. The van der Waals surface area contributed by atoms with Crippen molar-refractivity contribution in [2.45, 2.75) is 25.7 Å². The molecule has 0 aromatic rings. The molecule has 1 saturated carbocycles. The third-order valence-electron chi connectivity index (χ3n) is 3.34. The summed E-state index contributed by atoms with van der Waals surface area (Å²) in [5.74, 6) is 0.407. The maximum atomic E-state index is 11.8. The molecule has 0 aromatic carbocycles. The fourth-order valence-corrected chi connectivity index (χ4v) is 2.69. The van der Waals surface area contributed by atoms with Gasteiger partial charge in [-0.2, -0.15) is 0 Å². The van der Waals surface area contributed by atoms with Crippen LogP contribution in [0.5, 0.6) is 0 Å². The number of likely N-dealkylation sites (tertiary alicyclic amines) is 1. The van der Waals surface area contributed by atoms with Crippen molar-refractivity contribution in [2.75, 3.05) is 13.1 Å². The summed E-state index contributed by atoms with van der Waals surface area (Å²) in [5, 5.41) is 0. The minimum absolute atomic E-state index is 0.103. The Morgan fingerprint density at radius 2 is 2.14 bits per heavy atom. The predicted molar refractivity (Wildman–Crippen MR) is 51.2 cm³/mol. The van der Waals surface area contributed by atoms with Gasteiger partial charge in [0.1, 0.15) is 0 Å². The molecule has 1 saturated heterocycles. The molecule has 4 nitrogen and oxygen atoms in total. The van der Waals surface area contributed by atoms with Crippen molar-refractivity contribution in [1.82, 2.24) is 4.90 Å². The molecular weight excluding hydrogens is 180 g/mol. The van der Waals surface area contributed by atoms with Crippen molar-refractivity contribution < 1.29 is 9.59 Å². The van der Waals surface area contributed by atoms with Crippen molar-refractivity contribution >= 4 is 11.8 Å². The zero-order chi connectivity index (χ0) is 10.1. The number of hydrogen-bond acceptors (Lipinski definition) is 2. The molecule has 2 aliphatic rings. The first kappa shape index (κ1) is 9.49. The van der Waals surface area contributed by atoms with Crippen molar-refractivity contribution in [3.63, 3.8) is 0 Å². The Bertz CT molecular complexity index is 265. The zero-order valence-corrected chi connectivity index (χ0v) is 8.24. The molecule has 78 valence electrons. The Kier molecular flexibility index (Phi) is 2.44. The lowest BCUT2D eigenvalue weighted by molar-refractivity contribution is -0.134. The van der Waals surface area contributed by atoms with Gasteiger partial charge in [0.05, 0.1) is 6.54 Å². The number of hydrogen-bond donors (Lipinski definition) is 1. The number of primary amides is 1. The van der Waals surface area contributed by atoms with E-state index in [1.165, 1.54) is 6.42 Å². The molecule has 2 atom stereocenters. The van der Waals surface area contributed by atoms with Gasteiger partial charge in [0, 0.05) is 12.5 Å². The van der Waals surface area contributed by atoms with Gasteiger partial charge >= 0.3 is 0 Å². The van der Waals surface area contributed by atoms with Crippen LogP contribution in [0.1, 0.15) is 25.7 Å². The van der Waals surface area contributed by atoms with Crippen LogP contribution in [0.25, 0.3) is 0 Å². The Morgan fingerprint density at radius 1 is 1.43 bits per heavy atom. The zero-order valence-electron chi connectivity index (χ0n) is 8.24. The van der Waals surface area contributed by atoms with Crippen LogP contribution in [0.3, 0.4) is 0 Å². The highest BCUT2D eigenvalue weighted by Gasteiger charge is 2.41. The standard InChI is InChI=1S/C10H16N2O2/c11-9(13)6-12-5-7-3-1-2-4-8(7)10(12)14/h7-8H,1-6H2,(H2,11,13)/t7-,8+/m0/s1. The van der Waals surface area contributed by atoms with Gasteiger partial charge in [0.15, 0.2) is 0 Å². The Morgan fingerprint density at radius 3 is 2.79 bits per heavy atom. The van der Waals surface area contributed by atoms with Crippen molar-refractivity contribution in [1.29, 1.82) is 0 Å². The van der Waals surface area contributed by atoms with E-state index in [1.54, 1.807) is 4.90 Å². The second-order valence-corrected chi connectivity index (χ2v) is 4.34. The Hall–Kier alpha value is -1.06. The van der Waals surface area contributed by atoms with Crippen LogP contribution in [0.4, 0.5) is 0 Å². The highest BCUT2D eigenvalue weighted by atomic mass is 16.2. The van der Waals surface area contributed by atoms with Crippen LogP contribution in [0.2, 0.25) is 0 Å². The van der Waals surface area contributed by atoms with E-state index in [2.05, 4.69) is 0 Å². The molecular formula is C10H16N2O2. The summed E-state index contributed by atoms with van der Waals surface area (Å²) in [6.45, 7) is 0.846. The third kappa shape index (κ3) is 1.61. The van der Waals surface area contributed by atoms with Gasteiger partial charge in [-0.3, -0.25) is 9.59 Å². The van der Waals surface area contributed by atoms with Crippen LogP contribution in [0, 0.1) is 11.8 Å². The van der Waals surface area contributed by atoms with Crippen LogP contribution in [0.15, 0.2) is 0 Å². The lowest BCUT2D eigenvalue weighted by Gasteiger charge is -2.21. The van der Waals surface area contributed by atoms with Crippen LogP contribution in [-0.4, -0.2) is 29.8 Å². The fraction of sp³-hybridized carbons (Fsp3) is 0.800. The predicted octanol–water partition coefficient (Wildman–Crippen LogP) is 0.120. The summed E-state index contributed by atoms with van der Waals surface area (Å²) in [4.78, 5) is 24.2. The van der Waals surface area contributed by atoms with Gasteiger partial charge in [-0.15, -0.1) is 0 Å². The molecule has 0 bridgehead atoms. The number of nitrogens with zero attached hydrogens (tertiary/aromatic N) is 1. The van der Waals surface area contributed by atoms with E-state index in [1.807, 2.05) is 0 Å². The average Bonchev–Trinajstić information content (AvgIpc) is 2.44. The Balaban J connectivity index is 2.02. The van der Waals surface area contributed by atoms with Crippen LogP contribution >= 0.6 is 0 Å². The molecule has 2 rings (SSSR count). The smallest absolute Gasteiger partial charge is 0.237 e. The minimum Gasteiger partial charge on any atom is -0.368 e. The van der Waals surface area contributed by atoms with Gasteiger partial charge in [0.25, 0.3) is 0 Å². The van der Waals surface area contributed by atoms with E-state index < -0.39 is 5.91 Å². The van der Waals surface area contributed by atoms with E-state index in [0.29, 0.717) is 5.92 Å². The fourth-order valence-electron chi connectivity index (χ4n) is 2.69. The van der Waals surface area contributed by atoms with Crippen molar-refractivity contribution in [3.05, 3.63) is 0 Å². The lowest BCUT2D eigenvalue weighted by atomic mass is 9.81. The molecule has 1 heterocycles. The Labute approximate surface area is 83.4 Å². The molecule has 2 fully saturated rings. The number of nitrogens with two attached hydrogens (primary N) is 1. The summed E-state index contributed by atoms with van der Waals surface area (Å²) in [6, 6.07) is 0. The topological polar surface area (TPSA) is 63.4 Å². The van der Waals surface area contributed by atoms with E-state index >= 15 is 0 Å². The van der Waals surface area contributed by atoms with Gasteiger partial charge in [-0.1, -0.05) is 12.8 Å². The van der Waals surface area contributed by atoms with Crippen LogP contribution < -0.4 is 5.73 Å². The summed E-state index contributed by atoms with van der Waals surface area (Å²) >= 11 is 0. The highest BCUT2D eigenvalue weighted by Crippen LogP contribution is 2.36. The largest absolute Gasteiger partial charge is 0.368 e. The molecule has 0 radical (unpaired) electrons. The summed E-state index contributed by atoms with van der Waals surface area (Å²) in [6.07, 6.45) is 4.50. The second-order valence-electron chi connectivity index (χ2n) is 4.34. The molecule has 1 aliphatic carbocycles. The first-order chi connectivity index (χ1) is 6.68. The van der Waals surface area contributed by atoms with E-state index in [0.717, 1.165) is 25.8 Å². The first-order valence-electron chi connectivity index (χ1n) is 5.25. The van der Waals surface area contributed by atoms with E-state index in [9.17, 15) is 9.59 Å². The lowest BCUT2D eigenvalue weighted by Crippen LogP contribution is -2.35. The van der Waals surface area contributed by atoms with Gasteiger partial charge in [0.2, 0.25) is 11.8 Å². The maximum Gasteiger partial charge on any atom is 0.237 e. The molecule has 1 aliphatic heterocycles. The van der Waals surface area contributed by atoms with E-state index in [-0.39, 0.29) is 18.4 Å². The summed E-state index contributed by atoms with van der Waals surface area (Å²) in [5.41, 5.74) is 5.09. The van der Waals surface area contributed by atoms with Gasteiger partial charge in [-0.05, 0) is 18.8 Å². The number of fused-ring (bicyclic) bond motifs is 1. The molecule has 14 heavy (non-hydrogen) atoms. The van der Waals surface area contributed by atoms with Crippen molar-refractivity contribution in [2.24, 2.45) is 17.6 Å². The van der Waals surface area contributed by atoms with Gasteiger partial charge < -0.3 is 10.6 Å². The third-order valence-corrected chi connectivity index (χ3v) is 3.34. The number of carbonyl (C=O) groups is 2. The van der Waals surface area contributed by atoms with Gasteiger partial charge in [-0.25, -0.2) is 0 Å². The number of carbonyl (C=O) groups excluding carboxylic acids is 2. The van der Waals surface area contributed by atoms with E-state index in [4.69, 9.17) is 5.73 Å². The first-order valence-corrected chi connectivity index (χ1v) is 5.25. The second kappa shape index (κ2) is 3.59. The molecule has 0 spiro atoms. The summed E-state index contributed by atoms with van der Waals surface area (Å²) in [7, 11) is 0. The normalized spacial score (nSPS) is 31.7. The molecule has 4 heteroatoms. The minimum atomic E-state index is -0.406. The SMILES string of the molecule is NC(=O)CN1C[C@@H]2CCCC[C@H]2C1=O.